The summed E-state index contributed by atoms with van der Waals surface area (Å²) in [7, 11) is -2.58. The highest BCUT2D eigenvalue weighted by Gasteiger charge is 2.57. The van der Waals surface area contributed by atoms with Gasteiger partial charge in [-0.25, -0.2) is 0 Å². The van der Waals surface area contributed by atoms with Crippen LogP contribution in [0.1, 0.15) is 60.8 Å². The highest BCUT2D eigenvalue weighted by Crippen LogP contribution is 2.49. The number of rotatable bonds is 10. The lowest BCUT2D eigenvalue weighted by Crippen LogP contribution is -2.56. The third-order valence-corrected chi connectivity index (χ3v) is 8.05. The van der Waals surface area contributed by atoms with Crippen LogP contribution in [0.15, 0.2) is 0 Å². The molecule has 0 radical (unpaired) electrons. The molecule has 0 heterocycles. The van der Waals surface area contributed by atoms with Gasteiger partial charge in [0.25, 0.3) is 0 Å². The van der Waals surface area contributed by atoms with Crippen LogP contribution in [-0.4, -0.2) is 28.6 Å². The molecule has 0 bridgehead atoms. The molecule has 0 N–H and O–H groups in total. The molecule has 3 nitrogen and oxygen atoms in total. The summed E-state index contributed by atoms with van der Waals surface area (Å²) >= 11 is 0. The van der Waals surface area contributed by atoms with Gasteiger partial charge in [0.2, 0.25) is 0 Å². The van der Waals surface area contributed by atoms with Crippen molar-refractivity contribution < 1.29 is 13.3 Å². The van der Waals surface area contributed by atoms with E-state index in [1.807, 2.05) is 20.8 Å². The zero-order valence-electron chi connectivity index (χ0n) is 12.5. The summed E-state index contributed by atoms with van der Waals surface area (Å²) in [6.45, 7) is 14.7. The molecule has 0 unspecified atom stereocenters. The summed E-state index contributed by atoms with van der Waals surface area (Å²) in [5.74, 6) is 0. The van der Waals surface area contributed by atoms with Gasteiger partial charge >= 0.3 is 8.80 Å². The van der Waals surface area contributed by atoms with Crippen molar-refractivity contribution in [3.63, 3.8) is 0 Å². The van der Waals surface area contributed by atoms with Crippen LogP contribution in [0.2, 0.25) is 5.04 Å². The summed E-state index contributed by atoms with van der Waals surface area (Å²) in [5, 5.41) is 0.0645. The molecule has 104 valence electrons. The Morgan fingerprint density at radius 3 is 1.12 bits per heavy atom. The van der Waals surface area contributed by atoms with E-state index in [0.717, 1.165) is 19.3 Å². The lowest BCUT2D eigenvalue weighted by atomic mass is 9.99. The highest BCUT2D eigenvalue weighted by molar-refractivity contribution is 6.64. The van der Waals surface area contributed by atoms with Crippen molar-refractivity contribution >= 4 is 8.80 Å². The molecule has 0 aliphatic rings. The van der Waals surface area contributed by atoms with Gasteiger partial charge in [-0.2, -0.15) is 0 Å². The van der Waals surface area contributed by atoms with Crippen molar-refractivity contribution in [2.45, 2.75) is 65.8 Å². The van der Waals surface area contributed by atoms with Crippen LogP contribution in [0.3, 0.4) is 0 Å². The zero-order valence-corrected chi connectivity index (χ0v) is 13.5. The Kier molecular flexibility index (Phi) is 8.29. The molecule has 0 fully saturated rings. The quantitative estimate of drug-likeness (QED) is 0.557. The van der Waals surface area contributed by atoms with Crippen molar-refractivity contribution in [2.75, 3.05) is 19.8 Å². The molecule has 0 atom stereocenters. The average molecular weight is 262 g/mol. The van der Waals surface area contributed by atoms with Crippen LogP contribution in [0.4, 0.5) is 0 Å². The fraction of sp³-hybridized carbons (Fsp3) is 1.00. The van der Waals surface area contributed by atoms with Gasteiger partial charge in [-0.15, -0.1) is 0 Å². The van der Waals surface area contributed by atoms with Crippen molar-refractivity contribution in [3.8, 4) is 0 Å². The van der Waals surface area contributed by atoms with E-state index in [9.17, 15) is 0 Å². The van der Waals surface area contributed by atoms with E-state index in [-0.39, 0.29) is 5.04 Å². The minimum atomic E-state index is -2.58. The number of hydrogen-bond donors (Lipinski definition) is 0. The van der Waals surface area contributed by atoms with Gasteiger partial charge in [-0.1, -0.05) is 20.8 Å². The van der Waals surface area contributed by atoms with Crippen molar-refractivity contribution in [1.29, 1.82) is 0 Å². The predicted molar refractivity (Wildman–Crippen MR) is 74.2 cm³/mol. The maximum Gasteiger partial charge on any atom is 0.507 e. The van der Waals surface area contributed by atoms with Gasteiger partial charge in [0.05, 0.1) is 0 Å². The molecule has 0 aliphatic carbocycles. The number of hydrogen-bond acceptors (Lipinski definition) is 3. The van der Waals surface area contributed by atoms with Crippen LogP contribution in [-0.2, 0) is 13.3 Å². The average Bonchev–Trinajstić information content (AvgIpc) is 2.33. The van der Waals surface area contributed by atoms with E-state index in [4.69, 9.17) is 13.3 Å². The van der Waals surface area contributed by atoms with Gasteiger partial charge in [0.15, 0.2) is 0 Å². The van der Waals surface area contributed by atoms with Gasteiger partial charge < -0.3 is 13.3 Å². The summed E-state index contributed by atoms with van der Waals surface area (Å²) in [4.78, 5) is 0. The van der Waals surface area contributed by atoms with Crippen molar-refractivity contribution in [1.82, 2.24) is 0 Å². The monoisotopic (exact) mass is 262 g/mol. The second-order valence-electron chi connectivity index (χ2n) is 4.20. The van der Waals surface area contributed by atoms with Crippen LogP contribution in [0.5, 0.6) is 0 Å². The van der Waals surface area contributed by atoms with Gasteiger partial charge in [0, 0.05) is 24.9 Å². The zero-order chi connectivity index (χ0) is 13.4. The Bertz CT molecular complexity index is 168. The van der Waals surface area contributed by atoms with E-state index in [2.05, 4.69) is 20.8 Å². The second kappa shape index (κ2) is 8.24. The highest BCUT2D eigenvalue weighted by atomic mass is 28.4. The molecular formula is C13H30O3Si. The third-order valence-electron chi connectivity index (χ3n) is 3.68. The third kappa shape index (κ3) is 3.53. The fourth-order valence-electron chi connectivity index (χ4n) is 2.55. The topological polar surface area (TPSA) is 27.7 Å². The lowest BCUT2D eigenvalue weighted by molar-refractivity contribution is 0.0391. The molecule has 0 aromatic carbocycles. The molecule has 0 rings (SSSR count). The first kappa shape index (κ1) is 17.1. The van der Waals surface area contributed by atoms with Crippen LogP contribution < -0.4 is 0 Å². The molecule has 0 saturated heterocycles. The normalized spacial score (nSPS) is 13.1. The van der Waals surface area contributed by atoms with E-state index in [1.165, 1.54) is 0 Å². The van der Waals surface area contributed by atoms with Gasteiger partial charge in [-0.3, -0.25) is 0 Å². The van der Waals surface area contributed by atoms with Crippen LogP contribution in [0.25, 0.3) is 0 Å². The molecule has 4 heteroatoms. The fourth-order valence-corrected chi connectivity index (χ4v) is 6.16. The largest absolute Gasteiger partial charge is 0.507 e. The van der Waals surface area contributed by atoms with E-state index < -0.39 is 8.80 Å². The molecule has 0 spiro atoms. The molecular weight excluding hydrogens is 232 g/mol. The molecule has 0 amide bonds. The summed E-state index contributed by atoms with van der Waals surface area (Å²) < 4.78 is 18.1. The maximum atomic E-state index is 6.04. The second-order valence-corrected chi connectivity index (χ2v) is 7.24. The van der Waals surface area contributed by atoms with E-state index in [0.29, 0.717) is 19.8 Å². The Hall–Kier alpha value is 0.0969. The molecule has 0 aromatic rings. The smallest absolute Gasteiger partial charge is 0.373 e. The Morgan fingerprint density at radius 1 is 0.647 bits per heavy atom. The first-order chi connectivity index (χ1) is 8.11. The predicted octanol–water partition coefficient (Wildman–Crippen LogP) is 4.01. The van der Waals surface area contributed by atoms with Crippen LogP contribution >= 0.6 is 0 Å². The first-order valence-corrected chi connectivity index (χ1v) is 8.76. The minimum absolute atomic E-state index is 0.0645. The van der Waals surface area contributed by atoms with E-state index in [1.54, 1.807) is 0 Å². The maximum absolute atomic E-state index is 6.04. The molecule has 0 saturated carbocycles. The summed E-state index contributed by atoms with van der Waals surface area (Å²) in [6, 6.07) is 0. The Morgan fingerprint density at radius 2 is 0.941 bits per heavy atom. The molecule has 0 aromatic heterocycles. The standard InChI is InChI=1S/C13H30O3Si/c1-7-13(8-2,9-3)17(14-10-4,15-11-5)16-12-6/h7-12H2,1-6H3. The summed E-state index contributed by atoms with van der Waals surface area (Å²) in [5.41, 5.74) is 0. The first-order valence-electron chi connectivity index (χ1n) is 7.03. The SMILES string of the molecule is CCO[Si](OCC)(OCC)C(CC)(CC)CC. The van der Waals surface area contributed by atoms with E-state index >= 15 is 0 Å². The van der Waals surface area contributed by atoms with Crippen molar-refractivity contribution in [3.05, 3.63) is 0 Å². The summed E-state index contributed by atoms with van der Waals surface area (Å²) in [6.07, 6.45) is 3.14. The van der Waals surface area contributed by atoms with Crippen LogP contribution in [0, 0.1) is 0 Å². The van der Waals surface area contributed by atoms with Crippen molar-refractivity contribution in [2.24, 2.45) is 0 Å². The molecule has 17 heavy (non-hydrogen) atoms. The Balaban J connectivity index is 5.31. The lowest BCUT2D eigenvalue weighted by Gasteiger charge is -2.44. The van der Waals surface area contributed by atoms with Gasteiger partial charge in [0.1, 0.15) is 0 Å². The minimum Gasteiger partial charge on any atom is -0.373 e. The Labute approximate surface area is 108 Å². The molecule has 0 aliphatic heterocycles. The van der Waals surface area contributed by atoms with Gasteiger partial charge in [-0.05, 0) is 40.0 Å².